The molecule has 0 fully saturated rings. The molecule has 0 aromatic carbocycles. The smallest absolute Gasteiger partial charge is 0.0622 e. The van der Waals surface area contributed by atoms with Crippen molar-refractivity contribution in [2.45, 2.75) is 38.7 Å². The van der Waals surface area contributed by atoms with E-state index >= 15 is 0 Å². The molecule has 0 spiro atoms. The Labute approximate surface area is 89.9 Å². The van der Waals surface area contributed by atoms with E-state index in [1.807, 2.05) is 6.07 Å². The molecule has 1 aromatic rings. The number of unbranched alkanes of at least 4 members (excludes halogenated alkanes) is 1. The number of hydrogen-bond acceptors (Lipinski definition) is 2. The van der Waals surface area contributed by atoms with Crippen molar-refractivity contribution >= 4 is 11.6 Å². The zero-order valence-electron chi connectivity index (χ0n) is 8.41. The highest BCUT2D eigenvalue weighted by Crippen LogP contribution is 2.16. The highest BCUT2D eigenvalue weighted by Gasteiger charge is 2.07. The lowest BCUT2D eigenvalue weighted by Gasteiger charge is -2.10. The van der Waals surface area contributed by atoms with Gasteiger partial charge in [0.25, 0.3) is 0 Å². The number of pyridine rings is 1. The predicted molar refractivity (Wildman–Crippen MR) is 58.5 cm³/mol. The number of aromatic nitrogens is 1. The van der Waals surface area contributed by atoms with Gasteiger partial charge in [-0.05, 0) is 24.5 Å². The first-order chi connectivity index (χ1) is 6.74. The van der Waals surface area contributed by atoms with Crippen molar-refractivity contribution in [3.8, 4) is 0 Å². The van der Waals surface area contributed by atoms with Crippen LogP contribution in [0.3, 0.4) is 0 Å². The standard InChI is InChI=1S/C11H16ClNO/c1-2-3-4-10(14)7-9-5-6-13-8-11(9)12/h5-6,8,10,14H,2-4,7H2,1H3. The number of halogens is 1. The van der Waals surface area contributed by atoms with Crippen molar-refractivity contribution in [3.63, 3.8) is 0 Å². The molecule has 3 heteroatoms. The molecule has 0 aliphatic carbocycles. The monoisotopic (exact) mass is 213 g/mol. The van der Waals surface area contributed by atoms with Crippen LogP contribution in [0.15, 0.2) is 18.5 Å². The summed E-state index contributed by atoms with van der Waals surface area (Å²) in [5.74, 6) is 0. The number of hydrogen-bond donors (Lipinski definition) is 1. The minimum absolute atomic E-state index is 0.283. The lowest BCUT2D eigenvalue weighted by molar-refractivity contribution is 0.162. The Hall–Kier alpha value is -0.600. The fraction of sp³-hybridized carbons (Fsp3) is 0.545. The summed E-state index contributed by atoms with van der Waals surface area (Å²) in [5.41, 5.74) is 0.977. The first-order valence-corrected chi connectivity index (χ1v) is 5.38. The maximum absolute atomic E-state index is 9.68. The highest BCUT2D eigenvalue weighted by molar-refractivity contribution is 6.31. The summed E-state index contributed by atoms with van der Waals surface area (Å²) >= 11 is 5.93. The minimum atomic E-state index is -0.283. The van der Waals surface area contributed by atoms with Crippen LogP contribution >= 0.6 is 11.6 Å². The molecule has 0 amide bonds. The summed E-state index contributed by atoms with van der Waals surface area (Å²) in [6, 6.07) is 1.86. The first-order valence-electron chi connectivity index (χ1n) is 5.00. The Morgan fingerprint density at radius 2 is 2.36 bits per heavy atom. The van der Waals surface area contributed by atoms with Gasteiger partial charge in [-0.15, -0.1) is 0 Å². The minimum Gasteiger partial charge on any atom is -0.393 e. The zero-order valence-corrected chi connectivity index (χ0v) is 9.17. The Morgan fingerprint density at radius 1 is 1.57 bits per heavy atom. The summed E-state index contributed by atoms with van der Waals surface area (Å²) in [6.45, 7) is 2.12. The van der Waals surface area contributed by atoms with Crippen LogP contribution in [0.5, 0.6) is 0 Å². The van der Waals surface area contributed by atoms with Crippen LogP contribution in [-0.4, -0.2) is 16.2 Å². The molecule has 0 radical (unpaired) electrons. The SMILES string of the molecule is CCCCC(O)Cc1ccncc1Cl. The molecule has 14 heavy (non-hydrogen) atoms. The Bertz CT molecular complexity index is 278. The number of aliphatic hydroxyl groups is 1. The zero-order chi connectivity index (χ0) is 10.4. The molecule has 0 aliphatic rings. The first kappa shape index (κ1) is 11.5. The number of nitrogens with zero attached hydrogens (tertiary/aromatic N) is 1. The van der Waals surface area contributed by atoms with Crippen molar-refractivity contribution < 1.29 is 5.11 Å². The summed E-state index contributed by atoms with van der Waals surface area (Å²) in [4.78, 5) is 3.90. The van der Waals surface area contributed by atoms with Crippen LogP contribution in [0.4, 0.5) is 0 Å². The van der Waals surface area contributed by atoms with E-state index in [0.29, 0.717) is 11.4 Å². The maximum atomic E-state index is 9.68. The molecular weight excluding hydrogens is 198 g/mol. The van der Waals surface area contributed by atoms with Gasteiger partial charge in [-0.25, -0.2) is 0 Å². The molecular formula is C11H16ClNO. The molecule has 1 heterocycles. The molecule has 2 nitrogen and oxygen atoms in total. The quantitative estimate of drug-likeness (QED) is 0.816. The van der Waals surface area contributed by atoms with E-state index < -0.39 is 0 Å². The topological polar surface area (TPSA) is 33.1 Å². The molecule has 1 rings (SSSR count). The van der Waals surface area contributed by atoms with E-state index in [9.17, 15) is 5.11 Å². The molecule has 78 valence electrons. The van der Waals surface area contributed by atoms with Gasteiger partial charge in [-0.3, -0.25) is 4.98 Å². The molecule has 0 bridgehead atoms. The van der Waals surface area contributed by atoms with E-state index in [0.717, 1.165) is 24.8 Å². The fourth-order valence-electron chi connectivity index (χ4n) is 1.37. The van der Waals surface area contributed by atoms with E-state index in [1.165, 1.54) is 0 Å². The third-order valence-corrected chi connectivity index (χ3v) is 2.54. The molecule has 0 saturated carbocycles. The van der Waals surface area contributed by atoms with Gasteiger partial charge in [0, 0.05) is 12.4 Å². The second-order valence-electron chi connectivity index (χ2n) is 3.47. The lowest BCUT2D eigenvalue weighted by atomic mass is 10.0. The summed E-state index contributed by atoms with van der Waals surface area (Å²) in [7, 11) is 0. The van der Waals surface area contributed by atoms with Gasteiger partial charge in [-0.1, -0.05) is 31.4 Å². The molecule has 0 saturated heterocycles. The fourth-order valence-corrected chi connectivity index (χ4v) is 1.56. The lowest BCUT2D eigenvalue weighted by Crippen LogP contribution is -2.10. The third-order valence-electron chi connectivity index (χ3n) is 2.20. The number of aliphatic hydroxyl groups excluding tert-OH is 1. The normalized spacial score (nSPS) is 12.8. The van der Waals surface area contributed by atoms with Crippen LogP contribution in [0.25, 0.3) is 0 Å². The molecule has 0 aliphatic heterocycles. The van der Waals surface area contributed by atoms with Gasteiger partial charge < -0.3 is 5.11 Å². The van der Waals surface area contributed by atoms with Gasteiger partial charge >= 0.3 is 0 Å². The molecule has 1 unspecified atom stereocenters. The average molecular weight is 214 g/mol. The van der Waals surface area contributed by atoms with E-state index in [2.05, 4.69) is 11.9 Å². The second-order valence-corrected chi connectivity index (χ2v) is 3.87. The molecule has 1 aromatic heterocycles. The summed E-state index contributed by atoms with van der Waals surface area (Å²) < 4.78 is 0. The molecule has 1 N–H and O–H groups in total. The van der Waals surface area contributed by atoms with Crippen molar-refractivity contribution in [3.05, 3.63) is 29.0 Å². The maximum Gasteiger partial charge on any atom is 0.0622 e. The predicted octanol–water partition coefficient (Wildman–Crippen LogP) is 2.83. The van der Waals surface area contributed by atoms with Crippen LogP contribution < -0.4 is 0 Å². The largest absolute Gasteiger partial charge is 0.393 e. The van der Waals surface area contributed by atoms with E-state index in [4.69, 9.17) is 11.6 Å². The Balaban J connectivity index is 2.47. The van der Waals surface area contributed by atoms with E-state index in [1.54, 1.807) is 12.4 Å². The highest BCUT2D eigenvalue weighted by atomic mass is 35.5. The van der Waals surface area contributed by atoms with Crippen LogP contribution in [-0.2, 0) is 6.42 Å². The van der Waals surface area contributed by atoms with Crippen LogP contribution in [0.1, 0.15) is 31.7 Å². The van der Waals surface area contributed by atoms with Gasteiger partial charge in [0.05, 0.1) is 11.1 Å². The van der Waals surface area contributed by atoms with Crippen LogP contribution in [0.2, 0.25) is 5.02 Å². The van der Waals surface area contributed by atoms with Gasteiger partial charge in [-0.2, -0.15) is 0 Å². The van der Waals surface area contributed by atoms with Crippen molar-refractivity contribution in [2.75, 3.05) is 0 Å². The summed E-state index contributed by atoms with van der Waals surface area (Å²) in [6.07, 6.45) is 6.67. The van der Waals surface area contributed by atoms with Crippen LogP contribution in [0, 0.1) is 0 Å². The van der Waals surface area contributed by atoms with Gasteiger partial charge in [0.1, 0.15) is 0 Å². The Kier molecular flexibility index (Phi) is 4.91. The molecule has 1 atom stereocenters. The second kappa shape index (κ2) is 5.99. The average Bonchev–Trinajstić information content (AvgIpc) is 2.18. The van der Waals surface area contributed by atoms with E-state index in [-0.39, 0.29) is 6.10 Å². The summed E-state index contributed by atoms with van der Waals surface area (Å²) in [5, 5.41) is 10.3. The number of rotatable bonds is 5. The Morgan fingerprint density at radius 3 is 3.00 bits per heavy atom. The van der Waals surface area contributed by atoms with Crippen molar-refractivity contribution in [2.24, 2.45) is 0 Å². The van der Waals surface area contributed by atoms with Gasteiger partial charge in [0.2, 0.25) is 0 Å². The third kappa shape index (κ3) is 3.64. The van der Waals surface area contributed by atoms with Crippen molar-refractivity contribution in [1.29, 1.82) is 0 Å². The van der Waals surface area contributed by atoms with Gasteiger partial charge in [0.15, 0.2) is 0 Å². The van der Waals surface area contributed by atoms with Crippen molar-refractivity contribution in [1.82, 2.24) is 4.98 Å².